The Morgan fingerprint density at radius 3 is 3.05 bits per heavy atom. The fourth-order valence-corrected chi connectivity index (χ4v) is 2.48. The second kappa shape index (κ2) is 6.37. The Bertz CT molecular complexity index is 463. The van der Waals surface area contributed by atoms with Crippen LogP contribution in [0.4, 0.5) is 0 Å². The molecule has 0 atom stereocenters. The van der Waals surface area contributed by atoms with E-state index < -0.39 is 0 Å². The van der Waals surface area contributed by atoms with Crippen molar-refractivity contribution >= 4 is 5.78 Å². The molecule has 1 aromatic rings. The van der Waals surface area contributed by atoms with E-state index in [9.17, 15) is 4.79 Å². The maximum absolute atomic E-state index is 12.4. The zero-order valence-electron chi connectivity index (χ0n) is 11.8. The fraction of sp³-hybridized carbons (Fsp3) is 0.562. The van der Waals surface area contributed by atoms with Gasteiger partial charge in [0.15, 0.2) is 5.78 Å². The molecule has 2 fully saturated rings. The van der Waals surface area contributed by atoms with E-state index in [1.165, 1.54) is 0 Å². The molecule has 108 valence electrons. The number of carbonyl (C=O) groups is 1. The van der Waals surface area contributed by atoms with E-state index in [0.717, 1.165) is 56.8 Å². The van der Waals surface area contributed by atoms with Crippen LogP contribution in [0.1, 0.15) is 29.6 Å². The Morgan fingerprint density at radius 1 is 1.30 bits per heavy atom. The van der Waals surface area contributed by atoms with Crippen molar-refractivity contribution in [2.45, 2.75) is 25.4 Å². The third-order valence-corrected chi connectivity index (χ3v) is 3.78. The highest BCUT2D eigenvalue weighted by atomic mass is 16.5. The zero-order chi connectivity index (χ0) is 13.8. The SMILES string of the molecule is O=C(CN1CCCNCC1)c1cccc(OC2CC2)c1. The molecule has 2 aliphatic rings. The van der Waals surface area contributed by atoms with E-state index >= 15 is 0 Å². The van der Waals surface area contributed by atoms with Gasteiger partial charge in [0.25, 0.3) is 0 Å². The number of nitrogens with one attached hydrogen (secondary N) is 1. The van der Waals surface area contributed by atoms with Gasteiger partial charge in [0.1, 0.15) is 5.75 Å². The quantitative estimate of drug-likeness (QED) is 0.830. The van der Waals surface area contributed by atoms with Gasteiger partial charge in [0.05, 0.1) is 12.6 Å². The lowest BCUT2D eigenvalue weighted by atomic mass is 10.1. The van der Waals surface area contributed by atoms with Gasteiger partial charge >= 0.3 is 0 Å². The predicted molar refractivity (Wildman–Crippen MR) is 78.3 cm³/mol. The average Bonchev–Trinajstić information content (AvgIpc) is 3.27. The van der Waals surface area contributed by atoms with Gasteiger partial charge in [-0.25, -0.2) is 0 Å². The fourth-order valence-electron chi connectivity index (χ4n) is 2.48. The number of Topliss-reactive ketones (excluding diaryl/α,β-unsaturated/α-hetero) is 1. The molecule has 1 aliphatic heterocycles. The van der Waals surface area contributed by atoms with Gasteiger partial charge < -0.3 is 10.1 Å². The summed E-state index contributed by atoms with van der Waals surface area (Å²) in [6.45, 7) is 4.48. The van der Waals surface area contributed by atoms with Crippen LogP contribution in [0.15, 0.2) is 24.3 Å². The van der Waals surface area contributed by atoms with E-state index in [1.54, 1.807) is 0 Å². The van der Waals surface area contributed by atoms with Crippen LogP contribution >= 0.6 is 0 Å². The van der Waals surface area contributed by atoms with Crippen molar-refractivity contribution in [1.29, 1.82) is 0 Å². The smallest absolute Gasteiger partial charge is 0.176 e. The van der Waals surface area contributed by atoms with Crippen LogP contribution in [0, 0.1) is 0 Å². The van der Waals surface area contributed by atoms with Crippen LogP contribution in [-0.4, -0.2) is 49.5 Å². The highest BCUT2D eigenvalue weighted by molar-refractivity contribution is 5.97. The third-order valence-electron chi connectivity index (χ3n) is 3.78. The molecule has 4 nitrogen and oxygen atoms in total. The van der Waals surface area contributed by atoms with Crippen LogP contribution in [0.5, 0.6) is 5.75 Å². The lowest BCUT2D eigenvalue weighted by molar-refractivity contribution is 0.0934. The van der Waals surface area contributed by atoms with Crippen LogP contribution in [0.3, 0.4) is 0 Å². The molecule has 20 heavy (non-hydrogen) atoms. The Kier molecular flexibility index (Phi) is 4.33. The van der Waals surface area contributed by atoms with Crippen LogP contribution < -0.4 is 10.1 Å². The summed E-state index contributed by atoms with van der Waals surface area (Å²) in [5, 5.41) is 3.35. The van der Waals surface area contributed by atoms with Gasteiger partial charge in [-0.05, 0) is 44.5 Å². The normalized spacial score (nSPS) is 20.4. The summed E-state index contributed by atoms with van der Waals surface area (Å²) in [6, 6.07) is 7.62. The summed E-state index contributed by atoms with van der Waals surface area (Å²) in [6.07, 6.45) is 3.76. The van der Waals surface area contributed by atoms with Gasteiger partial charge in [-0.15, -0.1) is 0 Å². The topological polar surface area (TPSA) is 41.6 Å². The van der Waals surface area contributed by atoms with Crippen molar-refractivity contribution in [3.05, 3.63) is 29.8 Å². The van der Waals surface area contributed by atoms with E-state index in [2.05, 4.69) is 10.2 Å². The van der Waals surface area contributed by atoms with Gasteiger partial charge in [-0.3, -0.25) is 9.69 Å². The molecule has 0 spiro atoms. The highest BCUT2D eigenvalue weighted by Gasteiger charge is 2.23. The Hall–Kier alpha value is -1.39. The molecule has 1 aromatic carbocycles. The van der Waals surface area contributed by atoms with Crippen molar-refractivity contribution in [3.63, 3.8) is 0 Å². The standard InChI is InChI=1S/C16H22N2O2/c19-16(12-18-9-2-7-17-8-10-18)13-3-1-4-15(11-13)20-14-5-6-14/h1,3-4,11,14,17H,2,5-10,12H2. The lowest BCUT2D eigenvalue weighted by Gasteiger charge is -2.18. The number of nitrogens with zero attached hydrogens (tertiary/aromatic N) is 1. The Morgan fingerprint density at radius 2 is 2.20 bits per heavy atom. The van der Waals surface area contributed by atoms with Crippen LogP contribution in [0.2, 0.25) is 0 Å². The third kappa shape index (κ3) is 3.81. The van der Waals surface area contributed by atoms with E-state index in [4.69, 9.17) is 4.74 Å². The van der Waals surface area contributed by atoms with E-state index in [-0.39, 0.29) is 5.78 Å². The zero-order valence-corrected chi connectivity index (χ0v) is 11.8. The number of carbonyl (C=O) groups excluding carboxylic acids is 1. The first kappa shape index (κ1) is 13.6. The van der Waals surface area contributed by atoms with Gasteiger partial charge in [-0.2, -0.15) is 0 Å². The minimum absolute atomic E-state index is 0.188. The summed E-state index contributed by atoms with van der Waals surface area (Å²) >= 11 is 0. The summed E-state index contributed by atoms with van der Waals surface area (Å²) in [5.74, 6) is 1.02. The number of rotatable bonds is 5. The molecule has 1 saturated carbocycles. The van der Waals surface area contributed by atoms with Gasteiger partial charge in [0.2, 0.25) is 0 Å². The summed E-state index contributed by atoms with van der Waals surface area (Å²) in [5.41, 5.74) is 0.764. The van der Waals surface area contributed by atoms with Crippen molar-refractivity contribution < 1.29 is 9.53 Å². The lowest BCUT2D eigenvalue weighted by Crippen LogP contribution is -2.33. The molecule has 0 bridgehead atoms. The molecule has 1 aliphatic carbocycles. The minimum Gasteiger partial charge on any atom is -0.490 e. The molecule has 3 rings (SSSR count). The number of ketones is 1. The number of benzene rings is 1. The second-order valence-corrected chi connectivity index (χ2v) is 5.65. The van der Waals surface area contributed by atoms with Crippen LogP contribution in [-0.2, 0) is 0 Å². The van der Waals surface area contributed by atoms with E-state index in [0.29, 0.717) is 12.6 Å². The van der Waals surface area contributed by atoms with Gasteiger partial charge in [-0.1, -0.05) is 12.1 Å². The molecule has 4 heteroatoms. The first-order chi connectivity index (χ1) is 9.81. The maximum Gasteiger partial charge on any atom is 0.176 e. The highest BCUT2D eigenvalue weighted by Crippen LogP contribution is 2.27. The molecular weight excluding hydrogens is 252 g/mol. The number of ether oxygens (including phenoxy) is 1. The predicted octanol–water partition coefficient (Wildman–Crippen LogP) is 1.71. The van der Waals surface area contributed by atoms with Crippen molar-refractivity contribution in [3.8, 4) is 5.75 Å². The van der Waals surface area contributed by atoms with Crippen LogP contribution in [0.25, 0.3) is 0 Å². The largest absolute Gasteiger partial charge is 0.490 e. The van der Waals surface area contributed by atoms with Gasteiger partial charge in [0, 0.05) is 18.7 Å². The minimum atomic E-state index is 0.188. The van der Waals surface area contributed by atoms with E-state index in [1.807, 2.05) is 24.3 Å². The maximum atomic E-state index is 12.4. The summed E-state index contributed by atoms with van der Waals surface area (Å²) in [4.78, 5) is 14.6. The molecule has 1 heterocycles. The molecule has 0 aromatic heterocycles. The molecule has 1 N–H and O–H groups in total. The summed E-state index contributed by atoms with van der Waals surface area (Å²) < 4.78 is 5.75. The average molecular weight is 274 g/mol. The molecule has 0 amide bonds. The monoisotopic (exact) mass is 274 g/mol. The van der Waals surface area contributed by atoms with Crippen molar-refractivity contribution in [2.75, 3.05) is 32.7 Å². The Labute approximate surface area is 120 Å². The number of hydrogen-bond donors (Lipinski definition) is 1. The Balaban J connectivity index is 1.60. The molecular formula is C16H22N2O2. The van der Waals surface area contributed by atoms with Crippen molar-refractivity contribution in [2.24, 2.45) is 0 Å². The second-order valence-electron chi connectivity index (χ2n) is 5.65. The first-order valence-electron chi connectivity index (χ1n) is 7.54. The first-order valence-corrected chi connectivity index (χ1v) is 7.54. The summed E-state index contributed by atoms with van der Waals surface area (Å²) in [7, 11) is 0. The molecule has 0 radical (unpaired) electrons. The molecule has 1 saturated heterocycles. The van der Waals surface area contributed by atoms with Crippen molar-refractivity contribution in [1.82, 2.24) is 10.2 Å². The molecule has 0 unspecified atom stereocenters. The number of hydrogen-bond acceptors (Lipinski definition) is 4.